The summed E-state index contributed by atoms with van der Waals surface area (Å²) in [7, 11) is 0. The number of aromatic nitrogens is 2. The van der Waals surface area contributed by atoms with E-state index in [0.29, 0.717) is 0 Å². The van der Waals surface area contributed by atoms with Crippen LogP contribution in [0.3, 0.4) is 0 Å². The van der Waals surface area contributed by atoms with Gasteiger partial charge in [0.2, 0.25) is 5.88 Å². The summed E-state index contributed by atoms with van der Waals surface area (Å²) < 4.78 is 43.1. The van der Waals surface area contributed by atoms with Gasteiger partial charge in [-0.3, -0.25) is 0 Å². The maximum absolute atomic E-state index is 12.5. The number of nitrogens with two attached hydrogens (primary N) is 1. The van der Waals surface area contributed by atoms with E-state index < -0.39 is 11.7 Å². The summed E-state index contributed by atoms with van der Waals surface area (Å²) in [6, 6.07) is 4.57. The molecule has 0 amide bonds. The second-order valence-electron chi connectivity index (χ2n) is 4.45. The highest BCUT2D eigenvalue weighted by Crippen LogP contribution is 2.34. The molecule has 1 aromatic heterocycles. The van der Waals surface area contributed by atoms with Crippen LogP contribution in [-0.4, -0.2) is 9.97 Å². The SMILES string of the molecule is CCCc1cc(Oc2ccc(C(F)(F)F)cc2N)ncn1. The third-order valence-electron chi connectivity index (χ3n) is 2.76. The van der Waals surface area contributed by atoms with Gasteiger partial charge in [0.1, 0.15) is 6.33 Å². The van der Waals surface area contributed by atoms with Crippen molar-refractivity contribution in [2.75, 3.05) is 5.73 Å². The van der Waals surface area contributed by atoms with Gasteiger partial charge in [-0.25, -0.2) is 9.97 Å². The minimum Gasteiger partial charge on any atom is -0.437 e. The Morgan fingerprint density at radius 1 is 1.19 bits per heavy atom. The van der Waals surface area contributed by atoms with Crippen LogP contribution in [0, 0.1) is 0 Å². The number of halogens is 3. The normalized spacial score (nSPS) is 11.4. The molecule has 0 aliphatic carbocycles. The number of nitrogens with zero attached hydrogens (tertiary/aromatic N) is 2. The Kier molecular flexibility index (Phi) is 4.30. The van der Waals surface area contributed by atoms with E-state index >= 15 is 0 Å². The number of benzene rings is 1. The van der Waals surface area contributed by atoms with E-state index in [2.05, 4.69) is 9.97 Å². The topological polar surface area (TPSA) is 61.0 Å². The number of rotatable bonds is 4. The largest absolute Gasteiger partial charge is 0.437 e. The summed E-state index contributed by atoms with van der Waals surface area (Å²) in [6.07, 6.45) is -1.41. The Labute approximate surface area is 119 Å². The fraction of sp³-hybridized carbons (Fsp3) is 0.286. The van der Waals surface area contributed by atoms with Gasteiger partial charge in [-0.05, 0) is 24.6 Å². The van der Waals surface area contributed by atoms with Crippen LogP contribution >= 0.6 is 0 Å². The molecule has 4 nitrogen and oxygen atoms in total. The van der Waals surface area contributed by atoms with Gasteiger partial charge < -0.3 is 10.5 Å². The molecule has 2 rings (SSSR count). The number of ether oxygens (including phenoxy) is 1. The lowest BCUT2D eigenvalue weighted by molar-refractivity contribution is -0.137. The molecule has 0 atom stereocenters. The van der Waals surface area contributed by atoms with E-state index in [9.17, 15) is 13.2 Å². The Morgan fingerprint density at radius 3 is 2.57 bits per heavy atom. The molecular weight excluding hydrogens is 283 g/mol. The van der Waals surface area contributed by atoms with Crippen molar-refractivity contribution in [3.05, 3.63) is 41.9 Å². The Hall–Kier alpha value is -2.31. The van der Waals surface area contributed by atoms with Crippen molar-refractivity contribution in [2.45, 2.75) is 25.9 Å². The number of hydrogen-bond donors (Lipinski definition) is 1. The first-order valence-electron chi connectivity index (χ1n) is 6.35. The van der Waals surface area contributed by atoms with Crippen molar-refractivity contribution in [3.8, 4) is 11.6 Å². The van der Waals surface area contributed by atoms with Crippen LogP contribution < -0.4 is 10.5 Å². The summed E-state index contributed by atoms with van der Waals surface area (Å²) in [5.74, 6) is 0.379. The number of anilines is 1. The molecule has 0 bridgehead atoms. The van der Waals surface area contributed by atoms with Gasteiger partial charge in [-0.2, -0.15) is 13.2 Å². The van der Waals surface area contributed by atoms with Crippen LogP contribution in [0.1, 0.15) is 24.6 Å². The highest BCUT2D eigenvalue weighted by atomic mass is 19.4. The van der Waals surface area contributed by atoms with Crippen LogP contribution in [0.2, 0.25) is 0 Å². The minimum atomic E-state index is -4.43. The number of hydrogen-bond acceptors (Lipinski definition) is 4. The highest BCUT2D eigenvalue weighted by molar-refractivity contribution is 5.55. The summed E-state index contributed by atoms with van der Waals surface area (Å²) in [5, 5.41) is 0. The maximum atomic E-state index is 12.5. The molecule has 0 radical (unpaired) electrons. The minimum absolute atomic E-state index is 0.0968. The van der Waals surface area contributed by atoms with Gasteiger partial charge in [0.05, 0.1) is 11.3 Å². The molecule has 0 unspecified atom stereocenters. The van der Waals surface area contributed by atoms with Crippen molar-refractivity contribution in [2.24, 2.45) is 0 Å². The van der Waals surface area contributed by atoms with Crippen molar-refractivity contribution in [1.82, 2.24) is 9.97 Å². The molecule has 0 aliphatic heterocycles. The number of nitrogen functional groups attached to an aromatic ring is 1. The van der Waals surface area contributed by atoms with Gasteiger partial charge in [-0.15, -0.1) is 0 Å². The number of aryl methyl sites for hydroxylation is 1. The first-order valence-corrected chi connectivity index (χ1v) is 6.35. The smallest absolute Gasteiger partial charge is 0.416 e. The predicted molar refractivity (Wildman–Crippen MR) is 72.0 cm³/mol. The van der Waals surface area contributed by atoms with Crippen molar-refractivity contribution in [1.29, 1.82) is 0 Å². The molecule has 0 aliphatic rings. The van der Waals surface area contributed by atoms with E-state index in [1.54, 1.807) is 6.07 Å². The van der Waals surface area contributed by atoms with Crippen LogP contribution in [0.15, 0.2) is 30.6 Å². The van der Waals surface area contributed by atoms with Gasteiger partial charge >= 0.3 is 6.18 Å². The van der Waals surface area contributed by atoms with E-state index in [0.717, 1.165) is 30.7 Å². The molecule has 7 heteroatoms. The third-order valence-corrected chi connectivity index (χ3v) is 2.76. The van der Waals surface area contributed by atoms with Gasteiger partial charge in [0.15, 0.2) is 5.75 Å². The second-order valence-corrected chi connectivity index (χ2v) is 4.45. The summed E-state index contributed by atoms with van der Waals surface area (Å²) in [5.41, 5.74) is 5.48. The number of alkyl halides is 3. The fourth-order valence-corrected chi connectivity index (χ4v) is 1.76. The lowest BCUT2D eigenvalue weighted by Crippen LogP contribution is -2.06. The molecule has 0 fully saturated rings. The Bertz CT molecular complexity index is 629. The molecule has 0 saturated carbocycles. The van der Waals surface area contributed by atoms with Gasteiger partial charge in [0.25, 0.3) is 0 Å². The van der Waals surface area contributed by atoms with Crippen molar-refractivity contribution >= 4 is 5.69 Å². The van der Waals surface area contributed by atoms with Crippen molar-refractivity contribution in [3.63, 3.8) is 0 Å². The quantitative estimate of drug-likeness (QED) is 0.871. The Balaban J connectivity index is 2.22. The first kappa shape index (κ1) is 15.1. The predicted octanol–water partition coefficient (Wildman–Crippen LogP) is 3.82. The maximum Gasteiger partial charge on any atom is 0.416 e. The van der Waals surface area contributed by atoms with Gasteiger partial charge in [-0.1, -0.05) is 13.3 Å². The van der Waals surface area contributed by atoms with Crippen LogP contribution in [0.25, 0.3) is 0 Å². The van der Waals surface area contributed by atoms with E-state index in [4.69, 9.17) is 10.5 Å². The molecule has 1 heterocycles. The molecule has 1 aromatic carbocycles. The fourth-order valence-electron chi connectivity index (χ4n) is 1.76. The molecule has 2 aromatic rings. The van der Waals surface area contributed by atoms with E-state index in [1.165, 1.54) is 12.4 Å². The summed E-state index contributed by atoms with van der Waals surface area (Å²) in [4.78, 5) is 7.99. The average molecular weight is 297 g/mol. The zero-order valence-electron chi connectivity index (χ0n) is 11.3. The molecule has 2 N–H and O–H groups in total. The zero-order chi connectivity index (χ0) is 15.5. The first-order chi connectivity index (χ1) is 9.90. The lowest BCUT2D eigenvalue weighted by Gasteiger charge is -2.11. The lowest BCUT2D eigenvalue weighted by atomic mass is 10.2. The molecule has 112 valence electrons. The standard InChI is InChI=1S/C14H14F3N3O/c1-2-3-10-7-13(20-8-19-10)21-12-5-4-9(6-11(12)18)14(15,16)17/h4-8H,2-3,18H2,1H3. The molecule has 21 heavy (non-hydrogen) atoms. The zero-order valence-corrected chi connectivity index (χ0v) is 11.3. The Morgan fingerprint density at radius 2 is 1.95 bits per heavy atom. The molecular formula is C14H14F3N3O. The van der Waals surface area contributed by atoms with Crippen molar-refractivity contribution < 1.29 is 17.9 Å². The van der Waals surface area contributed by atoms with E-state index in [1.807, 2.05) is 6.92 Å². The monoisotopic (exact) mass is 297 g/mol. The summed E-state index contributed by atoms with van der Waals surface area (Å²) >= 11 is 0. The average Bonchev–Trinajstić information content (AvgIpc) is 2.41. The van der Waals surface area contributed by atoms with Crippen LogP contribution in [-0.2, 0) is 12.6 Å². The molecule has 0 spiro atoms. The van der Waals surface area contributed by atoms with Crippen LogP contribution in [0.4, 0.5) is 18.9 Å². The van der Waals surface area contributed by atoms with Gasteiger partial charge in [0, 0.05) is 11.8 Å². The highest BCUT2D eigenvalue weighted by Gasteiger charge is 2.31. The van der Waals surface area contributed by atoms with E-state index in [-0.39, 0.29) is 17.3 Å². The van der Waals surface area contributed by atoms with Crippen LogP contribution in [0.5, 0.6) is 11.6 Å². The summed E-state index contributed by atoms with van der Waals surface area (Å²) in [6.45, 7) is 2.01. The third kappa shape index (κ3) is 3.84. The second kappa shape index (κ2) is 5.99. The molecule has 0 saturated heterocycles.